The fraction of sp³-hybridized carbons (Fsp3) is 0.500. The molecule has 2 rings (SSSR count). The number of hydrogen-bond acceptors (Lipinski definition) is 4. The van der Waals surface area contributed by atoms with E-state index in [1.165, 1.54) is 12.1 Å². The number of benzene rings is 1. The Bertz CT molecular complexity index is 459. The summed E-state index contributed by atoms with van der Waals surface area (Å²) in [6.07, 6.45) is 0.691. The SMILES string of the molecule is CC.O=C1C(c2ccc([N+](=O)[O-])cc2)CCN1CCO. The third-order valence-electron chi connectivity index (χ3n) is 3.17. The number of nitro benzene ring substituents is 1. The van der Waals surface area contributed by atoms with Crippen molar-refractivity contribution in [3.8, 4) is 0 Å². The van der Waals surface area contributed by atoms with Crippen LogP contribution in [0.4, 0.5) is 5.69 Å². The quantitative estimate of drug-likeness (QED) is 0.674. The molecule has 0 spiro atoms. The topological polar surface area (TPSA) is 83.7 Å². The molecule has 1 aromatic rings. The average Bonchev–Trinajstić information content (AvgIpc) is 2.83. The van der Waals surface area contributed by atoms with E-state index in [4.69, 9.17) is 5.11 Å². The largest absolute Gasteiger partial charge is 0.395 e. The summed E-state index contributed by atoms with van der Waals surface area (Å²) in [6, 6.07) is 6.08. The maximum absolute atomic E-state index is 12.0. The van der Waals surface area contributed by atoms with Gasteiger partial charge in [-0.25, -0.2) is 0 Å². The van der Waals surface area contributed by atoms with Crippen LogP contribution in [-0.2, 0) is 4.79 Å². The van der Waals surface area contributed by atoms with Crippen molar-refractivity contribution in [1.29, 1.82) is 0 Å². The minimum atomic E-state index is -0.460. The Labute approximate surface area is 118 Å². The highest BCUT2D eigenvalue weighted by molar-refractivity contribution is 5.85. The first-order valence-electron chi connectivity index (χ1n) is 6.77. The van der Waals surface area contributed by atoms with E-state index in [0.29, 0.717) is 19.5 Å². The van der Waals surface area contributed by atoms with E-state index in [1.807, 2.05) is 13.8 Å². The number of hydrogen-bond donors (Lipinski definition) is 1. The standard InChI is InChI=1S/C12H14N2O4.C2H6/c15-8-7-13-6-5-11(12(13)16)9-1-3-10(4-2-9)14(17)18;1-2/h1-4,11,15H,5-8H2;1-2H3. The monoisotopic (exact) mass is 280 g/mol. The molecular weight excluding hydrogens is 260 g/mol. The maximum Gasteiger partial charge on any atom is 0.269 e. The number of rotatable bonds is 4. The molecule has 20 heavy (non-hydrogen) atoms. The number of aliphatic hydroxyl groups excluding tert-OH is 1. The van der Waals surface area contributed by atoms with Crippen molar-refractivity contribution in [2.75, 3.05) is 19.7 Å². The van der Waals surface area contributed by atoms with Crippen LogP contribution in [0.2, 0.25) is 0 Å². The molecule has 1 saturated heterocycles. The third kappa shape index (κ3) is 3.54. The van der Waals surface area contributed by atoms with Crippen LogP contribution in [0.3, 0.4) is 0 Å². The van der Waals surface area contributed by atoms with Gasteiger partial charge >= 0.3 is 0 Å². The van der Waals surface area contributed by atoms with Gasteiger partial charge in [0.2, 0.25) is 5.91 Å². The molecule has 1 aliphatic rings. The molecule has 0 aliphatic carbocycles. The molecule has 110 valence electrons. The number of β-amino-alcohol motifs (C(OH)–C–C–N with tert-alkyl or cyclic N) is 1. The zero-order chi connectivity index (χ0) is 15.1. The Hall–Kier alpha value is -1.95. The highest BCUT2D eigenvalue weighted by atomic mass is 16.6. The van der Waals surface area contributed by atoms with Gasteiger partial charge in [0.15, 0.2) is 0 Å². The van der Waals surface area contributed by atoms with Gasteiger partial charge in [0.1, 0.15) is 0 Å². The summed E-state index contributed by atoms with van der Waals surface area (Å²) in [5.41, 5.74) is 0.822. The van der Waals surface area contributed by atoms with Crippen LogP contribution in [0.25, 0.3) is 0 Å². The smallest absolute Gasteiger partial charge is 0.269 e. The van der Waals surface area contributed by atoms with Crippen molar-refractivity contribution in [2.45, 2.75) is 26.2 Å². The molecule has 1 amide bonds. The molecule has 0 bridgehead atoms. The number of nitro groups is 1. The lowest BCUT2D eigenvalue weighted by atomic mass is 9.97. The third-order valence-corrected chi connectivity index (χ3v) is 3.17. The Balaban J connectivity index is 0.000000956. The molecule has 1 aliphatic heterocycles. The second-order valence-electron chi connectivity index (χ2n) is 4.24. The van der Waals surface area contributed by atoms with E-state index >= 15 is 0 Å². The van der Waals surface area contributed by atoms with Gasteiger partial charge in [-0.05, 0) is 12.0 Å². The van der Waals surface area contributed by atoms with Crippen LogP contribution < -0.4 is 0 Å². The van der Waals surface area contributed by atoms with Crippen molar-refractivity contribution in [2.24, 2.45) is 0 Å². The summed E-state index contributed by atoms with van der Waals surface area (Å²) in [6.45, 7) is 4.93. The summed E-state index contributed by atoms with van der Waals surface area (Å²) in [4.78, 5) is 23.7. The molecule has 1 unspecified atom stereocenters. The number of carbonyl (C=O) groups is 1. The van der Waals surface area contributed by atoms with Crippen LogP contribution in [0.15, 0.2) is 24.3 Å². The molecule has 1 atom stereocenters. The highest BCUT2D eigenvalue weighted by Gasteiger charge is 2.32. The molecule has 1 heterocycles. The Kier molecular flexibility index (Phi) is 6.11. The molecule has 1 aromatic carbocycles. The number of likely N-dealkylation sites (tertiary alicyclic amines) is 1. The van der Waals surface area contributed by atoms with Crippen LogP contribution in [0, 0.1) is 10.1 Å². The second-order valence-corrected chi connectivity index (χ2v) is 4.24. The Morgan fingerprint density at radius 1 is 1.35 bits per heavy atom. The molecule has 1 N–H and O–H groups in total. The van der Waals surface area contributed by atoms with Crippen molar-refractivity contribution in [1.82, 2.24) is 4.90 Å². The van der Waals surface area contributed by atoms with E-state index in [-0.39, 0.29) is 24.1 Å². The van der Waals surface area contributed by atoms with E-state index < -0.39 is 4.92 Å². The number of carbonyl (C=O) groups excluding carboxylic acids is 1. The molecule has 0 aromatic heterocycles. The van der Waals surface area contributed by atoms with Gasteiger partial charge in [-0.1, -0.05) is 26.0 Å². The van der Waals surface area contributed by atoms with Crippen LogP contribution in [-0.4, -0.2) is 40.5 Å². The van der Waals surface area contributed by atoms with E-state index in [2.05, 4.69) is 0 Å². The molecule has 6 nitrogen and oxygen atoms in total. The van der Waals surface area contributed by atoms with Gasteiger partial charge < -0.3 is 10.0 Å². The molecule has 6 heteroatoms. The molecular formula is C14H20N2O4. The first-order chi connectivity index (χ1) is 9.63. The maximum atomic E-state index is 12.0. The Morgan fingerprint density at radius 3 is 2.45 bits per heavy atom. The lowest BCUT2D eigenvalue weighted by Gasteiger charge is -2.14. The van der Waals surface area contributed by atoms with Gasteiger partial charge in [-0.3, -0.25) is 14.9 Å². The van der Waals surface area contributed by atoms with E-state index in [9.17, 15) is 14.9 Å². The summed E-state index contributed by atoms with van der Waals surface area (Å²) in [5, 5.41) is 19.4. The summed E-state index contributed by atoms with van der Waals surface area (Å²) < 4.78 is 0. The number of non-ortho nitro benzene ring substituents is 1. The normalized spacial score (nSPS) is 17.6. The van der Waals surface area contributed by atoms with Crippen LogP contribution >= 0.6 is 0 Å². The first kappa shape index (κ1) is 16.1. The minimum Gasteiger partial charge on any atom is -0.395 e. The van der Waals surface area contributed by atoms with Crippen molar-refractivity contribution in [3.05, 3.63) is 39.9 Å². The lowest BCUT2D eigenvalue weighted by molar-refractivity contribution is -0.384. The molecule has 1 fully saturated rings. The molecule has 0 saturated carbocycles. The average molecular weight is 280 g/mol. The number of amides is 1. The molecule has 0 radical (unpaired) electrons. The van der Waals surface area contributed by atoms with Gasteiger partial charge in [0.25, 0.3) is 5.69 Å². The summed E-state index contributed by atoms with van der Waals surface area (Å²) >= 11 is 0. The van der Waals surface area contributed by atoms with E-state index in [1.54, 1.807) is 17.0 Å². The van der Waals surface area contributed by atoms with Crippen LogP contribution in [0.5, 0.6) is 0 Å². The number of aliphatic hydroxyl groups is 1. The van der Waals surface area contributed by atoms with Crippen molar-refractivity contribution in [3.63, 3.8) is 0 Å². The fourth-order valence-corrected chi connectivity index (χ4v) is 2.22. The predicted molar refractivity (Wildman–Crippen MR) is 75.5 cm³/mol. The van der Waals surface area contributed by atoms with E-state index in [0.717, 1.165) is 5.56 Å². The fourth-order valence-electron chi connectivity index (χ4n) is 2.22. The summed E-state index contributed by atoms with van der Waals surface area (Å²) in [7, 11) is 0. The Morgan fingerprint density at radius 2 is 1.95 bits per heavy atom. The van der Waals surface area contributed by atoms with Gasteiger partial charge in [0, 0.05) is 25.2 Å². The zero-order valence-corrected chi connectivity index (χ0v) is 11.8. The predicted octanol–water partition coefficient (Wildman–Crippen LogP) is 1.93. The highest BCUT2D eigenvalue weighted by Crippen LogP contribution is 2.29. The van der Waals surface area contributed by atoms with Gasteiger partial charge in [-0.2, -0.15) is 0 Å². The van der Waals surface area contributed by atoms with Crippen LogP contribution in [0.1, 0.15) is 31.7 Å². The minimum absolute atomic E-state index is 0.0158. The zero-order valence-electron chi connectivity index (χ0n) is 11.8. The van der Waals surface area contributed by atoms with Gasteiger partial charge in [-0.15, -0.1) is 0 Å². The number of nitrogens with zero attached hydrogens (tertiary/aromatic N) is 2. The second kappa shape index (κ2) is 7.59. The first-order valence-corrected chi connectivity index (χ1v) is 6.77. The lowest BCUT2D eigenvalue weighted by Crippen LogP contribution is -2.29. The van der Waals surface area contributed by atoms with Crippen molar-refractivity contribution < 1.29 is 14.8 Å². The van der Waals surface area contributed by atoms with Gasteiger partial charge in [0.05, 0.1) is 17.4 Å². The summed E-state index contributed by atoms with van der Waals surface area (Å²) in [5.74, 6) is -0.254. The van der Waals surface area contributed by atoms with Crippen molar-refractivity contribution >= 4 is 11.6 Å².